The molecule has 0 bridgehead atoms. The quantitative estimate of drug-likeness (QED) is 0.559. The predicted molar refractivity (Wildman–Crippen MR) is 97.9 cm³/mol. The normalized spacial score (nSPS) is 10.6. The highest BCUT2D eigenvalue weighted by Crippen LogP contribution is 2.31. The number of fused-ring (bicyclic) bond motifs is 1. The maximum Gasteiger partial charge on any atom is 0.232 e. The molecule has 3 aromatic carbocycles. The third-order valence-corrected chi connectivity index (χ3v) is 4.12. The molecule has 0 atom stereocenters. The van der Waals surface area contributed by atoms with Gasteiger partial charge in [-0.15, -0.1) is 0 Å². The molecule has 0 aliphatic rings. The number of aromatic nitrogens is 1. The fourth-order valence-electron chi connectivity index (χ4n) is 2.83. The minimum Gasteiger partial charge on any atom is -0.419 e. The summed E-state index contributed by atoms with van der Waals surface area (Å²) in [6, 6.07) is 22.0. The van der Waals surface area contributed by atoms with E-state index in [0.29, 0.717) is 18.3 Å². The van der Waals surface area contributed by atoms with E-state index in [1.54, 1.807) is 12.1 Å². The standard InChI is InChI=1S/C21H14FN3O/c22-16-10-8-14(9-11-16)13-24-21-19(12-23)25-20(26-21)18-7-3-5-15-4-1-2-6-17(15)18/h1-11,24H,13H2. The number of oxazole rings is 1. The average molecular weight is 343 g/mol. The SMILES string of the molecule is N#Cc1nc(-c2cccc3ccccc23)oc1NCc1ccc(F)cc1. The second kappa shape index (κ2) is 6.69. The molecule has 5 heteroatoms. The summed E-state index contributed by atoms with van der Waals surface area (Å²) in [6.07, 6.45) is 0. The smallest absolute Gasteiger partial charge is 0.232 e. The number of halogens is 1. The number of hydrogen-bond acceptors (Lipinski definition) is 4. The highest BCUT2D eigenvalue weighted by molar-refractivity contribution is 5.94. The Labute approximate surface area is 149 Å². The summed E-state index contributed by atoms with van der Waals surface area (Å²) in [4.78, 5) is 4.33. The summed E-state index contributed by atoms with van der Waals surface area (Å²) in [7, 11) is 0. The van der Waals surface area contributed by atoms with Crippen molar-refractivity contribution >= 4 is 16.7 Å². The molecule has 0 fully saturated rings. The molecule has 0 saturated heterocycles. The Morgan fingerprint density at radius 3 is 2.58 bits per heavy atom. The lowest BCUT2D eigenvalue weighted by Gasteiger charge is -2.04. The van der Waals surface area contributed by atoms with Gasteiger partial charge in [0.25, 0.3) is 0 Å². The maximum absolute atomic E-state index is 13.0. The minimum atomic E-state index is -0.288. The lowest BCUT2D eigenvalue weighted by Crippen LogP contribution is -1.99. The fourth-order valence-corrected chi connectivity index (χ4v) is 2.83. The zero-order valence-corrected chi connectivity index (χ0v) is 13.7. The van der Waals surface area contributed by atoms with Crippen LogP contribution in [0.1, 0.15) is 11.3 Å². The van der Waals surface area contributed by atoms with Crippen LogP contribution in [-0.4, -0.2) is 4.98 Å². The first kappa shape index (κ1) is 15.9. The van der Waals surface area contributed by atoms with Crippen LogP contribution in [0.3, 0.4) is 0 Å². The third-order valence-electron chi connectivity index (χ3n) is 4.12. The molecule has 0 amide bonds. The Balaban J connectivity index is 1.67. The monoisotopic (exact) mass is 343 g/mol. The summed E-state index contributed by atoms with van der Waals surface area (Å²) in [5.74, 6) is 0.407. The molecule has 0 aliphatic carbocycles. The van der Waals surface area contributed by atoms with E-state index in [9.17, 15) is 9.65 Å². The number of benzene rings is 3. The minimum absolute atomic E-state index is 0.190. The van der Waals surface area contributed by atoms with Crippen molar-refractivity contribution in [2.75, 3.05) is 5.32 Å². The second-order valence-electron chi connectivity index (χ2n) is 5.82. The van der Waals surface area contributed by atoms with Gasteiger partial charge in [-0.2, -0.15) is 10.2 Å². The van der Waals surface area contributed by atoms with Crippen LogP contribution in [0.2, 0.25) is 0 Å². The number of nitrogens with zero attached hydrogens (tertiary/aromatic N) is 2. The number of anilines is 1. The van der Waals surface area contributed by atoms with Gasteiger partial charge in [0, 0.05) is 12.1 Å². The van der Waals surface area contributed by atoms with Gasteiger partial charge in [0.1, 0.15) is 11.9 Å². The van der Waals surface area contributed by atoms with Gasteiger partial charge >= 0.3 is 0 Å². The molecule has 0 aliphatic heterocycles. The van der Waals surface area contributed by atoms with Gasteiger partial charge in [0.15, 0.2) is 0 Å². The molecule has 4 rings (SSSR count). The van der Waals surface area contributed by atoms with Gasteiger partial charge in [-0.05, 0) is 34.5 Å². The van der Waals surface area contributed by atoms with Crippen molar-refractivity contribution in [1.29, 1.82) is 5.26 Å². The van der Waals surface area contributed by atoms with Crippen LogP contribution in [0.4, 0.5) is 10.3 Å². The largest absolute Gasteiger partial charge is 0.419 e. The molecule has 4 nitrogen and oxygen atoms in total. The highest BCUT2D eigenvalue weighted by Gasteiger charge is 2.16. The van der Waals surface area contributed by atoms with Crippen molar-refractivity contribution in [3.05, 3.63) is 83.8 Å². The van der Waals surface area contributed by atoms with Crippen LogP contribution in [0.15, 0.2) is 71.1 Å². The molecule has 26 heavy (non-hydrogen) atoms. The zero-order valence-electron chi connectivity index (χ0n) is 13.7. The summed E-state index contributed by atoms with van der Waals surface area (Å²) in [5, 5.41) is 14.5. The van der Waals surface area contributed by atoms with E-state index < -0.39 is 0 Å². The van der Waals surface area contributed by atoms with E-state index in [0.717, 1.165) is 21.9 Å². The molecule has 4 aromatic rings. The number of rotatable bonds is 4. The lowest BCUT2D eigenvalue weighted by atomic mass is 10.0. The number of nitriles is 1. The van der Waals surface area contributed by atoms with Crippen LogP contribution >= 0.6 is 0 Å². The Kier molecular flexibility index (Phi) is 4.08. The Morgan fingerprint density at radius 1 is 1.00 bits per heavy atom. The van der Waals surface area contributed by atoms with Gasteiger partial charge < -0.3 is 9.73 Å². The first-order chi connectivity index (χ1) is 12.7. The Morgan fingerprint density at radius 2 is 1.77 bits per heavy atom. The number of hydrogen-bond donors (Lipinski definition) is 1. The summed E-state index contributed by atoms with van der Waals surface area (Å²) in [6.45, 7) is 0.402. The van der Waals surface area contributed by atoms with Crippen molar-refractivity contribution < 1.29 is 8.81 Å². The van der Waals surface area contributed by atoms with Crippen LogP contribution in [0, 0.1) is 17.1 Å². The van der Waals surface area contributed by atoms with Crippen molar-refractivity contribution in [2.45, 2.75) is 6.54 Å². The Bertz CT molecular complexity index is 1110. The molecule has 0 unspecified atom stereocenters. The van der Waals surface area contributed by atoms with E-state index >= 15 is 0 Å². The third kappa shape index (κ3) is 3.01. The molecule has 0 radical (unpaired) electrons. The highest BCUT2D eigenvalue weighted by atomic mass is 19.1. The van der Waals surface area contributed by atoms with Gasteiger partial charge in [0.05, 0.1) is 0 Å². The molecule has 126 valence electrons. The van der Waals surface area contributed by atoms with Crippen LogP contribution < -0.4 is 5.32 Å². The van der Waals surface area contributed by atoms with Gasteiger partial charge in [0.2, 0.25) is 17.5 Å². The first-order valence-electron chi connectivity index (χ1n) is 8.12. The van der Waals surface area contributed by atoms with Gasteiger partial charge in [-0.1, -0.05) is 48.5 Å². The van der Waals surface area contributed by atoms with Crippen molar-refractivity contribution in [1.82, 2.24) is 4.98 Å². The molecule has 1 aromatic heterocycles. The van der Waals surface area contributed by atoms with Crippen LogP contribution in [0.5, 0.6) is 0 Å². The Hall–Kier alpha value is -3.65. The van der Waals surface area contributed by atoms with Gasteiger partial charge in [-0.25, -0.2) is 4.39 Å². The maximum atomic E-state index is 13.0. The van der Waals surface area contributed by atoms with Crippen LogP contribution in [-0.2, 0) is 6.54 Å². The zero-order chi connectivity index (χ0) is 17.9. The topological polar surface area (TPSA) is 61.9 Å². The summed E-state index contributed by atoms with van der Waals surface area (Å²) >= 11 is 0. The summed E-state index contributed by atoms with van der Waals surface area (Å²) in [5.41, 5.74) is 1.89. The summed E-state index contributed by atoms with van der Waals surface area (Å²) < 4.78 is 18.8. The van der Waals surface area contributed by atoms with E-state index in [2.05, 4.69) is 16.4 Å². The molecular weight excluding hydrogens is 329 g/mol. The van der Waals surface area contributed by atoms with E-state index in [1.807, 2.05) is 42.5 Å². The average Bonchev–Trinajstić information content (AvgIpc) is 3.10. The first-order valence-corrected chi connectivity index (χ1v) is 8.12. The number of nitrogens with one attached hydrogen (secondary N) is 1. The van der Waals surface area contributed by atoms with E-state index in [1.165, 1.54) is 12.1 Å². The van der Waals surface area contributed by atoms with Crippen molar-refractivity contribution in [2.24, 2.45) is 0 Å². The molecule has 0 saturated carbocycles. The van der Waals surface area contributed by atoms with Crippen LogP contribution in [0.25, 0.3) is 22.2 Å². The second-order valence-corrected chi connectivity index (χ2v) is 5.82. The molecule has 1 N–H and O–H groups in total. The van der Waals surface area contributed by atoms with E-state index in [4.69, 9.17) is 4.42 Å². The molecule has 1 heterocycles. The van der Waals surface area contributed by atoms with E-state index in [-0.39, 0.29) is 11.5 Å². The van der Waals surface area contributed by atoms with Crippen molar-refractivity contribution in [3.63, 3.8) is 0 Å². The molecular formula is C21H14FN3O. The molecule has 0 spiro atoms. The fraction of sp³-hybridized carbons (Fsp3) is 0.0476. The lowest BCUT2D eigenvalue weighted by molar-refractivity contribution is 0.585. The van der Waals surface area contributed by atoms with Gasteiger partial charge in [-0.3, -0.25) is 0 Å². The van der Waals surface area contributed by atoms with Crippen molar-refractivity contribution in [3.8, 4) is 17.5 Å². The predicted octanol–water partition coefficient (Wildman–Crippen LogP) is 5.12.